The number of halogens is 2. The molecule has 21 heavy (non-hydrogen) atoms. The fraction of sp³-hybridized carbons (Fsp3) is 0.438. The van der Waals surface area contributed by atoms with Gasteiger partial charge in [-0.3, -0.25) is 4.68 Å². The number of rotatable bonds is 6. The van der Waals surface area contributed by atoms with Crippen molar-refractivity contribution in [2.75, 3.05) is 0 Å². The van der Waals surface area contributed by atoms with Crippen molar-refractivity contribution in [3.8, 4) is 0 Å². The molecule has 5 heteroatoms. The average molecular weight is 415 g/mol. The van der Waals surface area contributed by atoms with Crippen LogP contribution in [0.5, 0.6) is 0 Å². The minimum absolute atomic E-state index is 0.0757. The van der Waals surface area contributed by atoms with Gasteiger partial charge in [0, 0.05) is 23.5 Å². The second kappa shape index (κ2) is 7.56. The third-order valence-corrected chi connectivity index (χ3v) is 5.28. The van der Waals surface area contributed by atoms with Gasteiger partial charge in [-0.2, -0.15) is 5.10 Å². The molecule has 1 aromatic heterocycles. The second-order valence-electron chi connectivity index (χ2n) is 5.14. The number of aromatic nitrogens is 2. The van der Waals surface area contributed by atoms with Crippen LogP contribution in [0.2, 0.25) is 0 Å². The first-order valence-electron chi connectivity index (χ1n) is 7.29. The van der Waals surface area contributed by atoms with Crippen molar-refractivity contribution in [2.45, 2.75) is 45.7 Å². The molecular weight excluding hydrogens is 394 g/mol. The van der Waals surface area contributed by atoms with Crippen LogP contribution in [0.3, 0.4) is 0 Å². The van der Waals surface area contributed by atoms with E-state index in [1.807, 2.05) is 12.1 Å². The third-order valence-electron chi connectivity index (χ3n) is 3.59. The zero-order valence-electron chi connectivity index (χ0n) is 12.4. The molecule has 114 valence electrons. The highest BCUT2D eigenvalue weighted by molar-refractivity contribution is 9.10. The number of nitrogens with two attached hydrogens (primary N) is 1. The molecule has 1 heterocycles. The number of aryl methyl sites for hydroxylation is 2. The summed E-state index contributed by atoms with van der Waals surface area (Å²) in [5.41, 5.74) is 9.93. The predicted octanol–water partition coefficient (Wildman–Crippen LogP) is 4.10. The van der Waals surface area contributed by atoms with E-state index in [1.54, 1.807) is 0 Å². The van der Waals surface area contributed by atoms with Crippen LogP contribution in [0.4, 0.5) is 0 Å². The van der Waals surface area contributed by atoms with Crippen molar-refractivity contribution in [2.24, 2.45) is 5.73 Å². The molecule has 0 fully saturated rings. The van der Waals surface area contributed by atoms with Crippen molar-refractivity contribution in [1.82, 2.24) is 9.78 Å². The van der Waals surface area contributed by atoms with Crippen LogP contribution in [-0.4, -0.2) is 15.8 Å². The summed E-state index contributed by atoms with van der Waals surface area (Å²) < 4.78 is 4.30. The molecule has 2 N–H and O–H groups in total. The van der Waals surface area contributed by atoms with Crippen molar-refractivity contribution in [3.05, 3.63) is 50.2 Å². The summed E-state index contributed by atoms with van der Waals surface area (Å²) in [7, 11) is 0. The van der Waals surface area contributed by atoms with Gasteiger partial charge >= 0.3 is 0 Å². The van der Waals surface area contributed by atoms with E-state index in [1.165, 1.54) is 11.3 Å². The average Bonchev–Trinajstić information content (AvgIpc) is 2.77. The van der Waals surface area contributed by atoms with Gasteiger partial charge in [-0.1, -0.05) is 41.1 Å². The molecule has 0 aliphatic heterocycles. The molecule has 0 saturated carbocycles. The lowest BCUT2D eigenvalue weighted by atomic mass is 10.0. The molecule has 0 saturated heterocycles. The Bertz CT molecular complexity index is 608. The van der Waals surface area contributed by atoms with E-state index in [2.05, 4.69) is 67.6 Å². The summed E-state index contributed by atoms with van der Waals surface area (Å²) in [6.07, 6.45) is 2.60. The van der Waals surface area contributed by atoms with Gasteiger partial charge in [-0.25, -0.2) is 0 Å². The van der Waals surface area contributed by atoms with Crippen LogP contribution in [0, 0.1) is 0 Å². The third kappa shape index (κ3) is 3.96. The lowest BCUT2D eigenvalue weighted by molar-refractivity contribution is 0.571. The summed E-state index contributed by atoms with van der Waals surface area (Å²) >= 11 is 7.27. The van der Waals surface area contributed by atoms with Crippen molar-refractivity contribution in [3.63, 3.8) is 0 Å². The number of benzene rings is 1. The molecule has 3 nitrogen and oxygen atoms in total. The van der Waals surface area contributed by atoms with E-state index < -0.39 is 0 Å². The molecule has 1 aromatic carbocycles. The van der Waals surface area contributed by atoms with Crippen molar-refractivity contribution >= 4 is 31.9 Å². The highest BCUT2D eigenvalue weighted by Crippen LogP contribution is 2.24. The first-order valence-corrected chi connectivity index (χ1v) is 8.88. The van der Waals surface area contributed by atoms with E-state index in [4.69, 9.17) is 5.73 Å². The summed E-state index contributed by atoms with van der Waals surface area (Å²) in [6.45, 7) is 5.11. The second-order valence-corrected chi connectivity index (χ2v) is 6.78. The standard InChI is InChI=1S/C16H21Br2N3/c1-3-14-16(18)15(21(4-2)20-14)10-12(19)9-11-7-5-6-8-13(11)17/h5-8,12H,3-4,9-10,19H2,1-2H3. The fourth-order valence-corrected chi connectivity index (χ4v) is 3.65. The highest BCUT2D eigenvalue weighted by atomic mass is 79.9. The lowest BCUT2D eigenvalue weighted by Crippen LogP contribution is -2.27. The largest absolute Gasteiger partial charge is 0.327 e. The minimum atomic E-state index is 0.0757. The van der Waals surface area contributed by atoms with Crippen molar-refractivity contribution < 1.29 is 0 Å². The highest BCUT2D eigenvalue weighted by Gasteiger charge is 2.17. The molecule has 1 atom stereocenters. The zero-order valence-corrected chi connectivity index (χ0v) is 15.6. The van der Waals surface area contributed by atoms with Gasteiger partial charge in [-0.15, -0.1) is 0 Å². The molecule has 0 amide bonds. The van der Waals surface area contributed by atoms with Crippen LogP contribution in [-0.2, 0) is 25.8 Å². The molecule has 0 aliphatic rings. The predicted molar refractivity (Wildman–Crippen MR) is 94.5 cm³/mol. The van der Waals surface area contributed by atoms with Crippen LogP contribution in [0.15, 0.2) is 33.2 Å². The minimum Gasteiger partial charge on any atom is -0.327 e. The van der Waals surface area contributed by atoms with Crippen molar-refractivity contribution in [1.29, 1.82) is 0 Å². The normalized spacial score (nSPS) is 12.6. The Balaban J connectivity index is 2.14. The summed E-state index contributed by atoms with van der Waals surface area (Å²) in [5, 5.41) is 4.63. The molecule has 0 spiro atoms. The Hall–Kier alpha value is -0.650. The van der Waals surface area contributed by atoms with Gasteiger partial charge in [0.2, 0.25) is 0 Å². The Labute approximate surface area is 143 Å². The molecule has 0 bridgehead atoms. The SMILES string of the molecule is CCc1nn(CC)c(CC(N)Cc2ccccc2Br)c1Br. The van der Waals surface area contributed by atoms with E-state index >= 15 is 0 Å². The first-order chi connectivity index (χ1) is 10.1. The van der Waals surface area contributed by atoms with Gasteiger partial charge in [0.1, 0.15) is 0 Å². The molecule has 0 aliphatic carbocycles. The number of hydrogen-bond donors (Lipinski definition) is 1. The zero-order chi connectivity index (χ0) is 15.4. The molecule has 2 aromatic rings. The van der Waals surface area contributed by atoms with Gasteiger partial charge in [-0.05, 0) is 47.3 Å². The maximum Gasteiger partial charge on any atom is 0.0766 e. The maximum atomic E-state index is 6.37. The Kier molecular flexibility index (Phi) is 6.02. The van der Waals surface area contributed by atoms with E-state index in [9.17, 15) is 0 Å². The number of nitrogens with zero attached hydrogens (tertiary/aromatic N) is 2. The summed E-state index contributed by atoms with van der Waals surface area (Å²) in [5.74, 6) is 0. The molecular formula is C16H21Br2N3. The van der Waals surface area contributed by atoms with Gasteiger partial charge in [0.15, 0.2) is 0 Å². The molecule has 0 radical (unpaired) electrons. The van der Waals surface area contributed by atoms with E-state index in [-0.39, 0.29) is 6.04 Å². The Morgan fingerprint density at radius 1 is 1.19 bits per heavy atom. The topological polar surface area (TPSA) is 43.8 Å². The Morgan fingerprint density at radius 2 is 1.90 bits per heavy atom. The molecule has 1 unspecified atom stereocenters. The van der Waals surface area contributed by atoms with Crippen LogP contribution >= 0.6 is 31.9 Å². The van der Waals surface area contributed by atoms with Gasteiger partial charge in [0.25, 0.3) is 0 Å². The fourth-order valence-electron chi connectivity index (χ4n) is 2.48. The monoisotopic (exact) mass is 413 g/mol. The lowest BCUT2D eigenvalue weighted by Gasteiger charge is -2.14. The van der Waals surface area contributed by atoms with Gasteiger partial charge < -0.3 is 5.73 Å². The maximum absolute atomic E-state index is 6.37. The van der Waals surface area contributed by atoms with Gasteiger partial charge in [0.05, 0.1) is 15.9 Å². The van der Waals surface area contributed by atoms with E-state index in [0.717, 1.165) is 40.4 Å². The number of hydrogen-bond acceptors (Lipinski definition) is 2. The smallest absolute Gasteiger partial charge is 0.0766 e. The van der Waals surface area contributed by atoms with E-state index in [0.29, 0.717) is 0 Å². The van der Waals surface area contributed by atoms with Crippen LogP contribution in [0.25, 0.3) is 0 Å². The van der Waals surface area contributed by atoms with Crippen LogP contribution < -0.4 is 5.73 Å². The summed E-state index contributed by atoms with van der Waals surface area (Å²) in [4.78, 5) is 0. The Morgan fingerprint density at radius 3 is 2.52 bits per heavy atom. The molecule has 2 rings (SSSR count). The summed E-state index contributed by atoms with van der Waals surface area (Å²) in [6, 6.07) is 8.33. The van der Waals surface area contributed by atoms with Crippen LogP contribution in [0.1, 0.15) is 30.8 Å². The quantitative estimate of drug-likeness (QED) is 0.772. The first kappa shape index (κ1) is 16.7.